The molecule has 2 atom stereocenters. The fourth-order valence-corrected chi connectivity index (χ4v) is 3.34. The van der Waals surface area contributed by atoms with Crippen molar-refractivity contribution in [2.75, 3.05) is 40.3 Å². The third kappa shape index (κ3) is 3.95. The standard InChI is InChI=1S/C16H24ClFN2O/c1-11-4-5-15(18)14(16(11)17)9-20-7-12(6-19(2)3)13(8-20)10-21/h4-5,12-13,21H,6-10H2,1-3H3/t12-,13-/m1/s1. The number of aliphatic hydroxyl groups excluding tert-OH is 1. The molecule has 1 saturated heterocycles. The van der Waals surface area contributed by atoms with Gasteiger partial charge in [-0.2, -0.15) is 0 Å². The first-order chi connectivity index (χ1) is 9.92. The fourth-order valence-electron chi connectivity index (χ4n) is 3.13. The van der Waals surface area contributed by atoms with Gasteiger partial charge in [-0.25, -0.2) is 4.39 Å². The van der Waals surface area contributed by atoms with Crippen molar-refractivity contribution < 1.29 is 9.50 Å². The number of hydrogen-bond acceptors (Lipinski definition) is 3. The number of halogens is 2. The van der Waals surface area contributed by atoms with Crippen LogP contribution in [0, 0.1) is 24.6 Å². The maximum atomic E-state index is 14.0. The number of benzene rings is 1. The van der Waals surface area contributed by atoms with Crippen LogP contribution in [-0.2, 0) is 6.54 Å². The van der Waals surface area contributed by atoms with Crippen molar-refractivity contribution in [1.29, 1.82) is 0 Å². The van der Waals surface area contributed by atoms with Crippen LogP contribution in [0.15, 0.2) is 12.1 Å². The zero-order valence-corrected chi connectivity index (χ0v) is 13.7. The Morgan fingerprint density at radius 3 is 2.62 bits per heavy atom. The van der Waals surface area contributed by atoms with E-state index >= 15 is 0 Å². The molecule has 0 radical (unpaired) electrons. The highest BCUT2D eigenvalue weighted by Crippen LogP contribution is 2.29. The number of rotatable bonds is 5. The van der Waals surface area contributed by atoms with Crippen LogP contribution < -0.4 is 0 Å². The Morgan fingerprint density at radius 1 is 1.33 bits per heavy atom. The van der Waals surface area contributed by atoms with Gasteiger partial charge in [0.1, 0.15) is 5.82 Å². The van der Waals surface area contributed by atoms with Gasteiger partial charge < -0.3 is 10.0 Å². The maximum absolute atomic E-state index is 14.0. The number of aryl methyl sites for hydroxylation is 1. The van der Waals surface area contributed by atoms with Crippen LogP contribution >= 0.6 is 11.6 Å². The summed E-state index contributed by atoms with van der Waals surface area (Å²) in [6.07, 6.45) is 0. The second-order valence-electron chi connectivity index (χ2n) is 6.32. The zero-order valence-electron chi connectivity index (χ0n) is 12.9. The van der Waals surface area contributed by atoms with E-state index in [9.17, 15) is 9.50 Å². The molecule has 1 aliphatic rings. The van der Waals surface area contributed by atoms with E-state index < -0.39 is 0 Å². The molecule has 1 fully saturated rings. The van der Waals surface area contributed by atoms with Crippen molar-refractivity contribution >= 4 is 11.6 Å². The quantitative estimate of drug-likeness (QED) is 0.904. The first-order valence-electron chi connectivity index (χ1n) is 7.33. The van der Waals surface area contributed by atoms with E-state index in [-0.39, 0.29) is 18.3 Å². The molecule has 0 spiro atoms. The molecule has 1 aliphatic heterocycles. The van der Waals surface area contributed by atoms with Gasteiger partial charge in [0.25, 0.3) is 0 Å². The molecule has 0 aromatic heterocycles. The van der Waals surface area contributed by atoms with E-state index in [0.717, 1.165) is 25.2 Å². The molecule has 0 aliphatic carbocycles. The summed E-state index contributed by atoms with van der Waals surface area (Å²) in [4.78, 5) is 4.33. The molecule has 0 bridgehead atoms. The zero-order chi connectivity index (χ0) is 15.6. The van der Waals surface area contributed by atoms with E-state index in [1.165, 1.54) is 6.07 Å². The van der Waals surface area contributed by atoms with Crippen LogP contribution in [0.25, 0.3) is 0 Å². The van der Waals surface area contributed by atoms with Crippen LogP contribution in [0.5, 0.6) is 0 Å². The molecule has 118 valence electrons. The van der Waals surface area contributed by atoms with E-state index in [4.69, 9.17) is 11.6 Å². The lowest BCUT2D eigenvalue weighted by Crippen LogP contribution is -2.28. The van der Waals surface area contributed by atoms with Crippen molar-refractivity contribution in [3.05, 3.63) is 34.1 Å². The molecule has 0 saturated carbocycles. The van der Waals surface area contributed by atoms with Crippen LogP contribution in [0.2, 0.25) is 5.02 Å². The summed E-state index contributed by atoms with van der Waals surface area (Å²) in [6.45, 7) is 5.17. The molecule has 0 unspecified atom stereocenters. The summed E-state index contributed by atoms with van der Waals surface area (Å²) in [7, 11) is 4.07. The Bertz CT molecular complexity index is 495. The second kappa shape index (κ2) is 7.05. The van der Waals surface area contributed by atoms with Gasteiger partial charge in [0.2, 0.25) is 0 Å². The maximum Gasteiger partial charge on any atom is 0.129 e. The highest BCUT2D eigenvalue weighted by Gasteiger charge is 2.33. The largest absolute Gasteiger partial charge is 0.396 e. The lowest BCUT2D eigenvalue weighted by atomic mass is 9.97. The molecule has 1 heterocycles. The van der Waals surface area contributed by atoms with Crippen molar-refractivity contribution in [3.63, 3.8) is 0 Å². The van der Waals surface area contributed by atoms with Crippen molar-refractivity contribution in [1.82, 2.24) is 9.80 Å². The van der Waals surface area contributed by atoms with E-state index in [1.807, 2.05) is 21.0 Å². The monoisotopic (exact) mass is 314 g/mol. The predicted molar refractivity (Wildman–Crippen MR) is 84.0 cm³/mol. The molecular formula is C16H24ClFN2O. The number of hydrogen-bond donors (Lipinski definition) is 1. The number of nitrogens with zero attached hydrogens (tertiary/aromatic N) is 2. The average molecular weight is 315 g/mol. The summed E-state index contributed by atoms with van der Waals surface area (Å²) in [5.74, 6) is 0.415. The van der Waals surface area contributed by atoms with E-state index in [0.29, 0.717) is 23.0 Å². The van der Waals surface area contributed by atoms with Crippen LogP contribution in [0.1, 0.15) is 11.1 Å². The number of likely N-dealkylation sites (tertiary alicyclic amines) is 1. The Hall–Kier alpha value is -0.680. The van der Waals surface area contributed by atoms with Gasteiger partial charge in [-0.15, -0.1) is 0 Å². The highest BCUT2D eigenvalue weighted by atomic mass is 35.5. The summed E-state index contributed by atoms with van der Waals surface area (Å²) >= 11 is 6.24. The van der Waals surface area contributed by atoms with Gasteiger partial charge in [-0.3, -0.25) is 4.90 Å². The van der Waals surface area contributed by atoms with Crippen LogP contribution in [-0.4, -0.2) is 55.2 Å². The minimum absolute atomic E-state index is 0.180. The average Bonchev–Trinajstić information content (AvgIpc) is 2.80. The first kappa shape index (κ1) is 16.7. The normalized spacial score (nSPS) is 23.2. The smallest absolute Gasteiger partial charge is 0.129 e. The molecule has 2 rings (SSSR count). The molecule has 1 N–H and O–H groups in total. The summed E-state index contributed by atoms with van der Waals surface area (Å²) in [5, 5.41) is 10.1. The third-order valence-corrected chi connectivity index (χ3v) is 4.77. The predicted octanol–water partition coefficient (Wildman–Crippen LogP) is 2.39. The summed E-state index contributed by atoms with van der Waals surface area (Å²) in [5.41, 5.74) is 1.47. The topological polar surface area (TPSA) is 26.7 Å². The molecule has 0 amide bonds. The van der Waals surface area contributed by atoms with Crippen LogP contribution in [0.4, 0.5) is 4.39 Å². The van der Waals surface area contributed by atoms with Crippen LogP contribution in [0.3, 0.4) is 0 Å². The number of aliphatic hydroxyl groups is 1. The lowest BCUT2D eigenvalue weighted by molar-refractivity contribution is 0.183. The first-order valence-corrected chi connectivity index (χ1v) is 7.71. The van der Waals surface area contributed by atoms with Crippen molar-refractivity contribution in [2.24, 2.45) is 11.8 Å². The minimum Gasteiger partial charge on any atom is -0.396 e. The highest BCUT2D eigenvalue weighted by molar-refractivity contribution is 6.32. The van der Waals surface area contributed by atoms with Gasteiger partial charge >= 0.3 is 0 Å². The molecule has 1 aromatic rings. The van der Waals surface area contributed by atoms with Gasteiger partial charge in [-0.05, 0) is 44.5 Å². The SMILES string of the molecule is Cc1ccc(F)c(CN2C[C@@H](CN(C)C)[C@@H](CO)C2)c1Cl. The Morgan fingerprint density at radius 2 is 2.00 bits per heavy atom. The Labute approximate surface area is 131 Å². The summed E-state index contributed by atoms with van der Waals surface area (Å²) in [6, 6.07) is 3.18. The molecule has 21 heavy (non-hydrogen) atoms. The summed E-state index contributed by atoms with van der Waals surface area (Å²) < 4.78 is 14.0. The van der Waals surface area contributed by atoms with Crippen molar-refractivity contribution in [3.8, 4) is 0 Å². The molecule has 3 nitrogen and oxygen atoms in total. The van der Waals surface area contributed by atoms with Crippen molar-refractivity contribution in [2.45, 2.75) is 13.5 Å². The molecule has 1 aromatic carbocycles. The van der Waals surface area contributed by atoms with Gasteiger partial charge in [0.05, 0.1) is 5.02 Å². The van der Waals surface area contributed by atoms with E-state index in [1.54, 1.807) is 6.07 Å². The molecule has 5 heteroatoms. The van der Waals surface area contributed by atoms with E-state index in [2.05, 4.69) is 9.80 Å². The lowest BCUT2D eigenvalue weighted by Gasteiger charge is -2.20. The second-order valence-corrected chi connectivity index (χ2v) is 6.69. The Kier molecular flexibility index (Phi) is 5.60. The van der Waals surface area contributed by atoms with Gasteiger partial charge in [-0.1, -0.05) is 17.7 Å². The Balaban J connectivity index is 2.09. The third-order valence-electron chi connectivity index (χ3n) is 4.25. The fraction of sp³-hybridized carbons (Fsp3) is 0.625. The van der Waals surface area contributed by atoms with Gasteiger partial charge in [0, 0.05) is 38.3 Å². The minimum atomic E-state index is -0.248. The van der Waals surface area contributed by atoms with Gasteiger partial charge in [0.15, 0.2) is 0 Å². The molecular weight excluding hydrogens is 291 g/mol.